The maximum absolute atomic E-state index is 13.4. The number of aromatic nitrogens is 1. The van der Waals surface area contributed by atoms with Crippen molar-refractivity contribution in [1.82, 2.24) is 9.88 Å². The largest absolute Gasteiger partial charge is 0.309 e. The molecule has 3 aromatic rings. The van der Waals surface area contributed by atoms with Crippen LogP contribution in [0.3, 0.4) is 0 Å². The van der Waals surface area contributed by atoms with Crippen LogP contribution in [0.4, 0.5) is 5.13 Å². The number of hydrogen-bond donors (Lipinski definition) is 0. The van der Waals surface area contributed by atoms with E-state index in [0.717, 1.165) is 34.1 Å². The van der Waals surface area contributed by atoms with Gasteiger partial charge in [0.25, 0.3) is 5.91 Å². The van der Waals surface area contributed by atoms with Crippen LogP contribution in [0.15, 0.2) is 41.3 Å². The van der Waals surface area contributed by atoms with Crippen molar-refractivity contribution in [2.75, 3.05) is 37.8 Å². The number of carbonyl (C=O) groups excluding carboxylic acids is 1. The Morgan fingerprint density at radius 3 is 2.37 bits per heavy atom. The zero-order valence-corrected chi connectivity index (χ0v) is 20.7. The fourth-order valence-electron chi connectivity index (χ4n) is 3.13. The average Bonchev–Trinajstić information content (AvgIpc) is 3.08. The molecule has 1 amide bonds. The van der Waals surface area contributed by atoms with Gasteiger partial charge in [-0.1, -0.05) is 18.3 Å². The molecule has 0 aliphatic rings. The minimum atomic E-state index is 0. The van der Waals surface area contributed by atoms with Crippen LogP contribution < -0.4 is 4.90 Å². The lowest BCUT2D eigenvalue weighted by Gasteiger charge is -2.21. The quantitative estimate of drug-likeness (QED) is 0.381. The molecule has 0 aliphatic carbocycles. The molecule has 7 heteroatoms. The molecule has 1 heterocycles. The first-order valence-corrected chi connectivity index (χ1v) is 11.8. The highest BCUT2D eigenvalue weighted by atomic mass is 35.5. The third kappa shape index (κ3) is 5.97. The van der Waals surface area contributed by atoms with E-state index in [0.29, 0.717) is 12.1 Å². The summed E-state index contributed by atoms with van der Waals surface area (Å²) in [5, 5.41) is 0.778. The minimum Gasteiger partial charge on any atom is -0.309 e. The van der Waals surface area contributed by atoms with Crippen LogP contribution in [-0.4, -0.2) is 48.7 Å². The normalized spacial score (nSPS) is 11.0. The molecule has 1 aromatic heterocycles. The molecule has 0 spiro atoms. The second kappa shape index (κ2) is 11.1. The van der Waals surface area contributed by atoms with Crippen LogP contribution in [0.1, 0.15) is 34.8 Å². The van der Waals surface area contributed by atoms with Crippen molar-refractivity contribution in [2.24, 2.45) is 0 Å². The predicted octanol–water partition coefficient (Wildman–Crippen LogP) is 6.05. The molecule has 0 saturated heterocycles. The number of thiazole rings is 1. The van der Waals surface area contributed by atoms with E-state index in [2.05, 4.69) is 51.9 Å². The van der Waals surface area contributed by atoms with Crippen LogP contribution in [0.5, 0.6) is 0 Å². The number of carbonyl (C=O) groups is 1. The van der Waals surface area contributed by atoms with E-state index in [4.69, 9.17) is 4.98 Å². The van der Waals surface area contributed by atoms with E-state index in [9.17, 15) is 4.79 Å². The van der Waals surface area contributed by atoms with E-state index in [-0.39, 0.29) is 18.3 Å². The second-order valence-electron chi connectivity index (χ2n) is 7.47. The summed E-state index contributed by atoms with van der Waals surface area (Å²) in [5.74, 6) is 1.04. The Morgan fingerprint density at radius 2 is 1.73 bits per heavy atom. The van der Waals surface area contributed by atoms with Crippen molar-refractivity contribution in [2.45, 2.75) is 32.1 Å². The number of thioether (sulfide) groups is 1. The third-order valence-electron chi connectivity index (χ3n) is 4.87. The summed E-state index contributed by atoms with van der Waals surface area (Å²) >= 11 is 3.38. The smallest absolute Gasteiger partial charge is 0.260 e. The second-order valence-corrected chi connectivity index (χ2v) is 9.82. The van der Waals surface area contributed by atoms with Gasteiger partial charge in [0.05, 0.1) is 10.2 Å². The van der Waals surface area contributed by atoms with Crippen molar-refractivity contribution in [1.29, 1.82) is 0 Å². The summed E-state index contributed by atoms with van der Waals surface area (Å²) in [6.07, 6.45) is 0.899. The molecule has 0 N–H and O–H groups in total. The molecule has 2 aromatic carbocycles. The first kappa shape index (κ1) is 24.7. The van der Waals surface area contributed by atoms with Crippen molar-refractivity contribution >= 4 is 56.8 Å². The van der Waals surface area contributed by atoms with E-state index in [1.54, 1.807) is 23.1 Å². The molecule has 0 radical (unpaired) electrons. The molecular weight excluding hydrogens is 434 g/mol. The molecular formula is C23H30ClN3OS2. The monoisotopic (exact) mass is 463 g/mol. The lowest BCUT2D eigenvalue weighted by molar-refractivity contribution is 0.0986. The number of benzene rings is 2. The van der Waals surface area contributed by atoms with Gasteiger partial charge in [-0.05, 0) is 94.2 Å². The molecule has 30 heavy (non-hydrogen) atoms. The zero-order chi connectivity index (χ0) is 21.0. The summed E-state index contributed by atoms with van der Waals surface area (Å²) in [7, 11) is 4.11. The van der Waals surface area contributed by atoms with Gasteiger partial charge in [0, 0.05) is 17.0 Å². The number of nitrogens with zero attached hydrogens (tertiary/aromatic N) is 3. The molecule has 4 nitrogen and oxygen atoms in total. The van der Waals surface area contributed by atoms with Crippen LogP contribution in [0, 0.1) is 13.8 Å². The van der Waals surface area contributed by atoms with Gasteiger partial charge in [-0.3, -0.25) is 9.69 Å². The summed E-state index contributed by atoms with van der Waals surface area (Å²) in [4.78, 5) is 23.4. The SMILES string of the molecule is CCSc1ccc(C(=O)N(CCCN(C)C)c2nc3cc(C)c(C)cc3s2)cc1.Cl. The Morgan fingerprint density at radius 1 is 1.07 bits per heavy atom. The van der Waals surface area contributed by atoms with Crippen LogP contribution in [0.25, 0.3) is 10.2 Å². The van der Waals surface area contributed by atoms with Gasteiger partial charge in [0.15, 0.2) is 5.13 Å². The average molecular weight is 464 g/mol. The van der Waals surface area contributed by atoms with E-state index in [1.165, 1.54) is 16.0 Å². The summed E-state index contributed by atoms with van der Waals surface area (Å²) in [6.45, 7) is 7.93. The number of aryl methyl sites for hydroxylation is 2. The summed E-state index contributed by atoms with van der Waals surface area (Å²) in [5.41, 5.74) is 4.15. The molecule has 0 unspecified atom stereocenters. The van der Waals surface area contributed by atoms with Gasteiger partial charge in [0.1, 0.15) is 0 Å². The number of hydrogen-bond acceptors (Lipinski definition) is 5. The highest BCUT2D eigenvalue weighted by Gasteiger charge is 2.21. The Kier molecular flexibility index (Phi) is 9.16. The van der Waals surface area contributed by atoms with Gasteiger partial charge in [-0.2, -0.15) is 0 Å². The fraction of sp³-hybridized carbons (Fsp3) is 0.391. The first-order valence-electron chi connectivity index (χ1n) is 9.96. The van der Waals surface area contributed by atoms with E-state index >= 15 is 0 Å². The third-order valence-corrected chi connectivity index (χ3v) is 6.80. The first-order chi connectivity index (χ1) is 13.9. The van der Waals surface area contributed by atoms with Crippen molar-refractivity contribution in [3.8, 4) is 0 Å². The highest BCUT2D eigenvalue weighted by molar-refractivity contribution is 7.99. The zero-order valence-electron chi connectivity index (χ0n) is 18.3. The lowest BCUT2D eigenvalue weighted by atomic mass is 10.1. The molecule has 3 rings (SSSR count). The maximum Gasteiger partial charge on any atom is 0.260 e. The summed E-state index contributed by atoms with van der Waals surface area (Å²) < 4.78 is 1.13. The number of fused-ring (bicyclic) bond motifs is 1. The van der Waals surface area contributed by atoms with Gasteiger partial charge < -0.3 is 4.90 Å². The molecule has 0 bridgehead atoms. The van der Waals surface area contributed by atoms with E-state index < -0.39 is 0 Å². The summed E-state index contributed by atoms with van der Waals surface area (Å²) in [6, 6.07) is 12.2. The number of amides is 1. The predicted molar refractivity (Wildman–Crippen MR) is 134 cm³/mol. The Bertz CT molecular complexity index is 947. The van der Waals surface area contributed by atoms with Crippen LogP contribution >= 0.6 is 35.5 Å². The van der Waals surface area contributed by atoms with E-state index in [1.807, 2.05) is 29.2 Å². The topological polar surface area (TPSA) is 36.4 Å². The Hall–Kier alpha value is -1.60. The molecule has 0 saturated carbocycles. The van der Waals surface area contributed by atoms with Crippen molar-refractivity contribution in [3.63, 3.8) is 0 Å². The maximum atomic E-state index is 13.4. The number of halogens is 1. The van der Waals surface area contributed by atoms with Crippen LogP contribution in [-0.2, 0) is 0 Å². The molecule has 0 atom stereocenters. The fourth-order valence-corrected chi connectivity index (χ4v) is 4.86. The van der Waals surface area contributed by atoms with Gasteiger partial charge in [0.2, 0.25) is 0 Å². The minimum absolute atomic E-state index is 0. The number of anilines is 1. The molecule has 0 fully saturated rings. The Balaban J connectivity index is 0.00000320. The number of rotatable bonds is 8. The van der Waals surface area contributed by atoms with Gasteiger partial charge >= 0.3 is 0 Å². The highest BCUT2D eigenvalue weighted by Crippen LogP contribution is 2.32. The Labute approximate surface area is 194 Å². The molecule has 162 valence electrons. The van der Waals surface area contributed by atoms with Gasteiger partial charge in [-0.25, -0.2) is 4.98 Å². The van der Waals surface area contributed by atoms with Crippen LogP contribution in [0.2, 0.25) is 0 Å². The standard InChI is InChI=1S/C23H29N3OS2.ClH/c1-6-28-19-10-8-18(9-11-19)22(27)26(13-7-12-25(4)5)23-24-20-14-16(2)17(3)15-21(20)29-23;/h8-11,14-15H,6-7,12-13H2,1-5H3;1H. The lowest BCUT2D eigenvalue weighted by Crippen LogP contribution is -2.33. The van der Waals surface area contributed by atoms with Crippen molar-refractivity contribution in [3.05, 3.63) is 53.1 Å². The van der Waals surface area contributed by atoms with Gasteiger partial charge in [-0.15, -0.1) is 24.2 Å². The van der Waals surface area contributed by atoms with Crippen molar-refractivity contribution < 1.29 is 4.79 Å². The molecule has 0 aliphatic heterocycles.